The van der Waals surface area contributed by atoms with Gasteiger partial charge in [0.25, 0.3) is 0 Å². The standard InChI is InChI=1S/C11H20N4OS/c1-11(2,3)9(16)13-10-15-14-8(17-10)6-4-5-7-12/h4-7,12H2,1-3H3,(H,13,15,16). The van der Waals surface area contributed by atoms with E-state index in [4.69, 9.17) is 5.73 Å². The number of hydrogen-bond acceptors (Lipinski definition) is 5. The van der Waals surface area contributed by atoms with E-state index in [0.717, 1.165) is 24.3 Å². The van der Waals surface area contributed by atoms with Gasteiger partial charge >= 0.3 is 0 Å². The van der Waals surface area contributed by atoms with Crippen molar-refractivity contribution in [2.75, 3.05) is 11.9 Å². The predicted molar refractivity (Wildman–Crippen MR) is 70.0 cm³/mol. The van der Waals surface area contributed by atoms with E-state index < -0.39 is 5.41 Å². The molecule has 3 N–H and O–H groups in total. The Morgan fingerprint density at radius 3 is 2.65 bits per heavy atom. The zero-order valence-electron chi connectivity index (χ0n) is 10.6. The van der Waals surface area contributed by atoms with Gasteiger partial charge in [-0.1, -0.05) is 32.1 Å². The molecule has 0 aliphatic rings. The largest absolute Gasteiger partial charge is 0.330 e. The minimum Gasteiger partial charge on any atom is -0.330 e. The lowest BCUT2D eigenvalue weighted by atomic mass is 9.96. The van der Waals surface area contributed by atoms with E-state index in [1.807, 2.05) is 20.8 Å². The summed E-state index contributed by atoms with van der Waals surface area (Å²) >= 11 is 1.43. The van der Waals surface area contributed by atoms with Crippen LogP contribution in [-0.2, 0) is 11.2 Å². The third-order valence-electron chi connectivity index (χ3n) is 2.21. The summed E-state index contributed by atoms with van der Waals surface area (Å²) in [5, 5.41) is 12.3. The number of unbranched alkanes of at least 4 members (excludes halogenated alkanes) is 1. The fraction of sp³-hybridized carbons (Fsp3) is 0.727. The molecule has 0 bridgehead atoms. The first-order chi connectivity index (χ1) is 7.93. The summed E-state index contributed by atoms with van der Waals surface area (Å²) in [6.07, 6.45) is 2.88. The molecule has 5 nitrogen and oxygen atoms in total. The summed E-state index contributed by atoms with van der Waals surface area (Å²) in [5.41, 5.74) is 5.01. The van der Waals surface area contributed by atoms with Crippen molar-refractivity contribution >= 4 is 22.4 Å². The van der Waals surface area contributed by atoms with Crippen LogP contribution in [0.5, 0.6) is 0 Å². The molecule has 0 atom stereocenters. The summed E-state index contributed by atoms with van der Waals surface area (Å²) in [6, 6.07) is 0. The lowest BCUT2D eigenvalue weighted by Crippen LogP contribution is -2.27. The van der Waals surface area contributed by atoms with E-state index >= 15 is 0 Å². The Morgan fingerprint density at radius 2 is 2.06 bits per heavy atom. The van der Waals surface area contributed by atoms with Gasteiger partial charge < -0.3 is 11.1 Å². The number of anilines is 1. The maximum atomic E-state index is 11.7. The molecule has 1 amide bonds. The topological polar surface area (TPSA) is 80.9 Å². The summed E-state index contributed by atoms with van der Waals surface area (Å²) in [7, 11) is 0. The number of amides is 1. The first-order valence-electron chi connectivity index (χ1n) is 5.77. The maximum Gasteiger partial charge on any atom is 0.231 e. The van der Waals surface area contributed by atoms with Gasteiger partial charge in [-0.2, -0.15) is 0 Å². The van der Waals surface area contributed by atoms with Gasteiger partial charge in [0.2, 0.25) is 11.0 Å². The molecule has 1 aromatic rings. The molecule has 0 aliphatic heterocycles. The van der Waals surface area contributed by atoms with Gasteiger partial charge in [0.05, 0.1) is 0 Å². The van der Waals surface area contributed by atoms with E-state index in [1.54, 1.807) is 0 Å². The van der Waals surface area contributed by atoms with Crippen molar-refractivity contribution in [2.24, 2.45) is 11.1 Å². The fourth-order valence-electron chi connectivity index (χ4n) is 1.11. The van der Waals surface area contributed by atoms with Crippen LogP contribution in [0.2, 0.25) is 0 Å². The van der Waals surface area contributed by atoms with Crippen LogP contribution < -0.4 is 11.1 Å². The Balaban J connectivity index is 2.48. The summed E-state index contributed by atoms with van der Waals surface area (Å²) in [6.45, 7) is 6.30. The lowest BCUT2D eigenvalue weighted by molar-refractivity contribution is -0.123. The highest BCUT2D eigenvalue weighted by Gasteiger charge is 2.22. The van der Waals surface area contributed by atoms with Crippen LogP contribution in [0, 0.1) is 5.41 Å². The van der Waals surface area contributed by atoms with E-state index in [2.05, 4.69) is 15.5 Å². The van der Waals surface area contributed by atoms with Crippen molar-refractivity contribution in [3.05, 3.63) is 5.01 Å². The monoisotopic (exact) mass is 256 g/mol. The number of carbonyl (C=O) groups excluding carboxylic acids is 1. The molecule has 0 saturated carbocycles. The highest BCUT2D eigenvalue weighted by molar-refractivity contribution is 7.15. The Bertz CT molecular complexity index is 370. The van der Waals surface area contributed by atoms with Crippen LogP contribution in [0.1, 0.15) is 38.6 Å². The molecule has 1 heterocycles. The average molecular weight is 256 g/mol. The minimum atomic E-state index is -0.411. The van der Waals surface area contributed by atoms with Gasteiger partial charge in [-0.15, -0.1) is 10.2 Å². The second-order valence-electron chi connectivity index (χ2n) is 4.95. The zero-order valence-corrected chi connectivity index (χ0v) is 11.4. The third kappa shape index (κ3) is 4.79. The predicted octanol–water partition coefficient (Wildman–Crippen LogP) is 1.80. The fourth-order valence-corrected chi connectivity index (χ4v) is 1.89. The van der Waals surface area contributed by atoms with Crippen LogP contribution >= 0.6 is 11.3 Å². The highest BCUT2D eigenvalue weighted by Crippen LogP contribution is 2.21. The number of rotatable bonds is 5. The van der Waals surface area contributed by atoms with Crippen LogP contribution in [-0.4, -0.2) is 22.6 Å². The quantitative estimate of drug-likeness (QED) is 0.787. The number of aromatic nitrogens is 2. The van der Waals surface area contributed by atoms with Crippen LogP contribution in [0.25, 0.3) is 0 Å². The molecule has 0 fully saturated rings. The molecule has 1 rings (SSSR count). The van der Waals surface area contributed by atoms with Crippen molar-refractivity contribution < 1.29 is 4.79 Å². The molecule has 0 aromatic carbocycles. The summed E-state index contributed by atoms with van der Waals surface area (Å²) in [4.78, 5) is 11.7. The molecular formula is C11H20N4OS. The van der Waals surface area contributed by atoms with Crippen molar-refractivity contribution in [3.8, 4) is 0 Å². The molecule has 0 radical (unpaired) electrons. The summed E-state index contributed by atoms with van der Waals surface area (Å²) < 4.78 is 0. The van der Waals surface area contributed by atoms with E-state index in [9.17, 15) is 4.79 Å². The van der Waals surface area contributed by atoms with E-state index in [0.29, 0.717) is 11.7 Å². The molecule has 0 unspecified atom stereocenters. The Kier molecular flexibility index (Phi) is 5.02. The minimum absolute atomic E-state index is 0.0397. The van der Waals surface area contributed by atoms with Crippen molar-refractivity contribution in [1.29, 1.82) is 0 Å². The van der Waals surface area contributed by atoms with E-state index in [-0.39, 0.29) is 5.91 Å². The molecule has 96 valence electrons. The van der Waals surface area contributed by atoms with Crippen molar-refractivity contribution in [1.82, 2.24) is 10.2 Å². The van der Waals surface area contributed by atoms with Crippen molar-refractivity contribution in [3.63, 3.8) is 0 Å². The summed E-state index contributed by atoms with van der Waals surface area (Å²) in [5.74, 6) is -0.0397. The van der Waals surface area contributed by atoms with Crippen molar-refractivity contribution in [2.45, 2.75) is 40.0 Å². The average Bonchev–Trinajstić information content (AvgIpc) is 2.65. The smallest absolute Gasteiger partial charge is 0.231 e. The number of nitrogens with zero attached hydrogens (tertiary/aromatic N) is 2. The van der Waals surface area contributed by atoms with Gasteiger partial charge in [0.1, 0.15) is 5.01 Å². The molecule has 17 heavy (non-hydrogen) atoms. The van der Waals surface area contributed by atoms with Gasteiger partial charge in [0, 0.05) is 11.8 Å². The number of carbonyl (C=O) groups is 1. The Labute approximate surface area is 106 Å². The second-order valence-corrected chi connectivity index (χ2v) is 6.01. The Morgan fingerprint density at radius 1 is 1.35 bits per heavy atom. The normalized spacial score (nSPS) is 11.5. The second kappa shape index (κ2) is 6.07. The molecule has 0 saturated heterocycles. The highest BCUT2D eigenvalue weighted by atomic mass is 32.1. The zero-order chi connectivity index (χ0) is 12.9. The molecular weight excluding hydrogens is 236 g/mol. The Hall–Kier alpha value is -1.01. The SMILES string of the molecule is CC(C)(C)C(=O)Nc1nnc(CCCCN)s1. The molecule has 0 spiro atoms. The third-order valence-corrected chi connectivity index (χ3v) is 3.11. The number of nitrogens with one attached hydrogen (secondary N) is 1. The first-order valence-corrected chi connectivity index (χ1v) is 6.59. The molecule has 1 aromatic heterocycles. The lowest BCUT2D eigenvalue weighted by Gasteiger charge is -2.15. The molecule has 0 aliphatic carbocycles. The number of hydrogen-bond donors (Lipinski definition) is 2. The molecule has 6 heteroatoms. The first kappa shape index (κ1) is 14.1. The van der Waals surface area contributed by atoms with E-state index in [1.165, 1.54) is 11.3 Å². The number of aryl methyl sites for hydroxylation is 1. The maximum absolute atomic E-state index is 11.7. The van der Waals surface area contributed by atoms with Crippen LogP contribution in [0.3, 0.4) is 0 Å². The van der Waals surface area contributed by atoms with Crippen LogP contribution in [0.15, 0.2) is 0 Å². The van der Waals surface area contributed by atoms with Gasteiger partial charge in [-0.05, 0) is 19.4 Å². The van der Waals surface area contributed by atoms with Gasteiger partial charge in [-0.25, -0.2) is 0 Å². The van der Waals surface area contributed by atoms with Crippen LogP contribution in [0.4, 0.5) is 5.13 Å². The van der Waals surface area contributed by atoms with Gasteiger partial charge in [0.15, 0.2) is 0 Å². The number of nitrogens with two attached hydrogens (primary N) is 1. The van der Waals surface area contributed by atoms with Gasteiger partial charge in [-0.3, -0.25) is 4.79 Å².